The summed E-state index contributed by atoms with van der Waals surface area (Å²) in [5.74, 6) is 0.542. The maximum Gasteiger partial charge on any atom is 0.338 e. The molecule has 0 saturated carbocycles. The van der Waals surface area contributed by atoms with Gasteiger partial charge in [0.15, 0.2) is 0 Å². The molecule has 8 nitrogen and oxygen atoms in total. The monoisotopic (exact) mass is 487 g/mol. The van der Waals surface area contributed by atoms with Crippen LogP contribution in [-0.2, 0) is 22.7 Å². The molecule has 176 valence electrons. The van der Waals surface area contributed by atoms with Gasteiger partial charge in [-0.1, -0.05) is 83.4 Å². The Bertz CT molecular complexity index is 1390. The number of nitrogens with zero attached hydrogens (tertiary/aromatic N) is 4. The Morgan fingerprint density at radius 2 is 1.74 bits per heavy atom. The number of hydrogen-bond donors (Lipinski definition) is 1. The van der Waals surface area contributed by atoms with E-state index in [1.807, 2.05) is 78.9 Å². The average molecular weight is 488 g/mol. The third kappa shape index (κ3) is 4.74. The molecule has 0 amide bonds. The predicted molar refractivity (Wildman–Crippen MR) is 131 cm³/mol. The summed E-state index contributed by atoms with van der Waals surface area (Å²) in [6.45, 7) is 2.22. The Hall–Kier alpha value is -4.17. The summed E-state index contributed by atoms with van der Waals surface area (Å²) < 4.78 is 13.4. The molecular formula is C26H22ClN5O3. The second kappa shape index (κ2) is 9.99. The van der Waals surface area contributed by atoms with Crippen LogP contribution in [0.4, 0.5) is 5.95 Å². The minimum atomic E-state index is -0.646. The molecule has 1 aromatic heterocycles. The van der Waals surface area contributed by atoms with Crippen molar-refractivity contribution in [2.24, 2.45) is 0 Å². The lowest BCUT2D eigenvalue weighted by molar-refractivity contribution is -0.140. The SMILES string of the molecule is CC1=C(C(=O)OCc2ccccc2)C(c2ccccc2OCc2ccccc2Cl)n2nnnc2N1. The van der Waals surface area contributed by atoms with Crippen LogP contribution in [-0.4, -0.2) is 26.2 Å². The topological polar surface area (TPSA) is 91.2 Å². The van der Waals surface area contributed by atoms with Gasteiger partial charge in [-0.05, 0) is 35.0 Å². The molecule has 1 N–H and O–H groups in total. The Morgan fingerprint density at radius 1 is 1.00 bits per heavy atom. The van der Waals surface area contributed by atoms with E-state index in [1.54, 1.807) is 11.6 Å². The summed E-state index contributed by atoms with van der Waals surface area (Å²) in [5, 5.41) is 15.7. The number of nitrogens with one attached hydrogen (secondary N) is 1. The number of benzene rings is 3. The van der Waals surface area contributed by atoms with Gasteiger partial charge in [-0.3, -0.25) is 0 Å². The summed E-state index contributed by atoms with van der Waals surface area (Å²) in [5.41, 5.74) is 3.48. The Kier molecular flexibility index (Phi) is 6.45. The van der Waals surface area contributed by atoms with Gasteiger partial charge in [0.2, 0.25) is 5.95 Å². The van der Waals surface area contributed by atoms with Gasteiger partial charge in [0.1, 0.15) is 25.0 Å². The second-order valence-electron chi connectivity index (χ2n) is 7.99. The number of fused-ring (bicyclic) bond motifs is 1. The maximum atomic E-state index is 13.4. The fourth-order valence-electron chi connectivity index (χ4n) is 3.97. The Labute approximate surface area is 207 Å². The molecular weight excluding hydrogens is 466 g/mol. The van der Waals surface area contributed by atoms with Crippen molar-refractivity contribution in [3.63, 3.8) is 0 Å². The number of rotatable bonds is 7. The molecule has 0 radical (unpaired) electrons. The van der Waals surface area contributed by atoms with Crippen molar-refractivity contribution in [2.45, 2.75) is 26.2 Å². The van der Waals surface area contributed by atoms with E-state index in [1.165, 1.54) is 0 Å². The smallest absolute Gasteiger partial charge is 0.338 e. The number of anilines is 1. The molecule has 0 fully saturated rings. The molecule has 4 aromatic rings. The van der Waals surface area contributed by atoms with Crippen molar-refractivity contribution in [3.05, 3.63) is 112 Å². The summed E-state index contributed by atoms with van der Waals surface area (Å²) in [6, 6.07) is 23.9. The van der Waals surface area contributed by atoms with Gasteiger partial charge in [-0.25, -0.2) is 4.79 Å². The zero-order valence-corrected chi connectivity index (χ0v) is 19.6. The van der Waals surface area contributed by atoms with E-state index >= 15 is 0 Å². The Morgan fingerprint density at radius 3 is 2.57 bits per heavy atom. The highest BCUT2D eigenvalue weighted by atomic mass is 35.5. The number of allylic oxidation sites excluding steroid dienone is 1. The van der Waals surface area contributed by atoms with Crippen LogP contribution < -0.4 is 10.1 Å². The number of tetrazole rings is 1. The zero-order valence-electron chi connectivity index (χ0n) is 18.9. The van der Waals surface area contributed by atoms with Crippen LogP contribution in [0, 0.1) is 0 Å². The first-order chi connectivity index (χ1) is 17.1. The lowest BCUT2D eigenvalue weighted by atomic mass is 9.95. The molecule has 9 heteroatoms. The molecule has 0 saturated heterocycles. The maximum absolute atomic E-state index is 13.4. The number of carbonyl (C=O) groups is 1. The van der Waals surface area contributed by atoms with Crippen molar-refractivity contribution in [3.8, 4) is 5.75 Å². The average Bonchev–Trinajstić information content (AvgIpc) is 3.35. The summed E-state index contributed by atoms with van der Waals surface area (Å²) in [4.78, 5) is 13.4. The van der Waals surface area contributed by atoms with Crippen LogP contribution in [0.5, 0.6) is 5.75 Å². The third-order valence-corrected chi connectivity index (χ3v) is 6.07. The zero-order chi connectivity index (χ0) is 24.2. The number of ether oxygens (including phenoxy) is 2. The number of para-hydroxylation sites is 1. The van der Waals surface area contributed by atoms with E-state index in [0.29, 0.717) is 28.0 Å². The normalized spacial score (nSPS) is 14.7. The predicted octanol–water partition coefficient (Wildman–Crippen LogP) is 4.94. The van der Waals surface area contributed by atoms with Gasteiger partial charge in [-0.2, -0.15) is 4.68 Å². The van der Waals surface area contributed by atoms with Crippen LogP contribution in [0.25, 0.3) is 0 Å². The third-order valence-electron chi connectivity index (χ3n) is 5.70. The number of hydrogen-bond acceptors (Lipinski definition) is 7. The molecule has 0 aliphatic carbocycles. The molecule has 3 aromatic carbocycles. The van der Waals surface area contributed by atoms with E-state index < -0.39 is 12.0 Å². The number of esters is 1. The quantitative estimate of drug-likeness (QED) is 0.369. The van der Waals surface area contributed by atoms with E-state index in [4.69, 9.17) is 21.1 Å². The molecule has 0 spiro atoms. The minimum absolute atomic E-state index is 0.149. The first-order valence-corrected chi connectivity index (χ1v) is 11.4. The van der Waals surface area contributed by atoms with Gasteiger partial charge in [0.25, 0.3) is 0 Å². The van der Waals surface area contributed by atoms with E-state index in [0.717, 1.165) is 16.7 Å². The highest BCUT2D eigenvalue weighted by Crippen LogP contribution is 2.39. The molecule has 35 heavy (non-hydrogen) atoms. The minimum Gasteiger partial charge on any atom is -0.488 e. The van der Waals surface area contributed by atoms with Crippen molar-refractivity contribution in [1.29, 1.82) is 0 Å². The second-order valence-corrected chi connectivity index (χ2v) is 8.40. The van der Waals surface area contributed by atoms with Crippen molar-refractivity contribution >= 4 is 23.5 Å². The molecule has 1 unspecified atom stereocenters. The van der Waals surface area contributed by atoms with Crippen molar-refractivity contribution in [2.75, 3.05) is 5.32 Å². The molecule has 2 heterocycles. The van der Waals surface area contributed by atoms with Crippen LogP contribution in [0.3, 0.4) is 0 Å². The van der Waals surface area contributed by atoms with Gasteiger partial charge in [0.05, 0.1) is 5.57 Å². The van der Waals surface area contributed by atoms with E-state index in [2.05, 4.69) is 20.8 Å². The first-order valence-electron chi connectivity index (χ1n) is 11.0. The number of aromatic nitrogens is 4. The van der Waals surface area contributed by atoms with Crippen LogP contribution in [0.2, 0.25) is 5.02 Å². The molecule has 0 bridgehead atoms. The number of halogens is 1. The van der Waals surface area contributed by atoms with Crippen LogP contribution in [0.15, 0.2) is 90.1 Å². The lowest BCUT2D eigenvalue weighted by Crippen LogP contribution is -2.30. The van der Waals surface area contributed by atoms with Crippen molar-refractivity contribution in [1.82, 2.24) is 20.2 Å². The highest BCUT2D eigenvalue weighted by Gasteiger charge is 2.36. The molecule has 1 atom stereocenters. The van der Waals surface area contributed by atoms with Crippen LogP contribution in [0.1, 0.15) is 29.7 Å². The fraction of sp³-hybridized carbons (Fsp3) is 0.154. The highest BCUT2D eigenvalue weighted by molar-refractivity contribution is 6.31. The van der Waals surface area contributed by atoms with Gasteiger partial charge < -0.3 is 14.8 Å². The number of carbonyl (C=O) groups excluding carboxylic acids is 1. The standard InChI is InChI=1S/C26H22ClN5O3/c1-17-23(25(33)35-15-18-9-3-2-4-10-18)24(32-26(28-17)29-30-31-32)20-12-6-8-14-22(20)34-16-19-11-5-7-13-21(19)27/h2-14,24H,15-16H2,1H3,(H,28,29,31). The molecule has 1 aliphatic rings. The lowest BCUT2D eigenvalue weighted by Gasteiger charge is -2.28. The molecule has 5 rings (SSSR count). The Balaban J connectivity index is 1.48. The summed E-state index contributed by atoms with van der Waals surface area (Å²) >= 11 is 6.31. The first kappa shape index (κ1) is 22.6. The molecule has 1 aliphatic heterocycles. The largest absolute Gasteiger partial charge is 0.488 e. The van der Waals surface area contributed by atoms with E-state index in [-0.39, 0.29) is 13.2 Å². The van der Waals surface area contributed by atoms with Crippen molar-refractivity contribution < 1.29 is 14.3 Å². The van der Waals surface area contributed by atoms with Crippen LogP contribution >= 0.6 is 11.6 Å². The summed E-state index contributed by atoms with van der Waals surface area (Å²) in [6.07, 6.45) is 0. The van der Waals surface area contributed by atoms with E-state index in [9.17, 15) is 4.79 Å². The summed E-state index contributed by atoms with van der Waals surface area (Å²) in [7, 11) is 0. The van der Waals surface area contributed by atoms with Gasteiger partial charge in [-0.15, -0.1) is 0 Å². The van der Waals surface area contributed by atoms with Gasteiger partial charge >= 0.3 is 5.97 Å². The van der Waals surface area contributed by atoms with Gasteiger partial charge in [0, 0.05) is 21.8 Å². The fourth-order valence-corrected chi connectivity index (χ4v) is 4.16.